The van der Waals surface area contributed by atoms with E-state index in [1.54, 1.807) is 0 Å². The van der Waals surface area contributed by atoms with Crippen LogP contribution in [-0.4, -0.2) is 24.0 Å². The van der Waals surface area contributed by atoms with Crippen LogP contribution in [0.15, 0.2) is 22.7 Å². The molecule has 1 aromatic rings. The largest absolute Gasteiger partial charge is 0.330 e. The zero-order valence-corrected chi connectivity index (χ0v) is 12.6. The van der Waals surface area contributed by atoms with Gasteiger partial charge in [-0.3, -0.25) is 4.90 Å². The lowest BCUT2D eigenvalue weighted by Crippen LogP contribution is -2.29. The Morgan fingerprint density at radius 2 is 2.11 bits per heavy atom. The minimum atomic E-state index is 0.482. The molecule has 18 heavy (non-hydrogen) atoms. The molecule has 0 spiro atoms. The van der Waals surface area contributed by atoms with Gasteiger partial charge in [0.15, 0.2) is 0 Å². The summed E-state index contributed by atoms with van der Waals surface area (Å²) in [6.07, 6.45) is 3.92. The van der Waals surface area contributed by atoms with E-state index in [0.717, 1.165) is 22.1 Å². The van der Waals surface area contributed by atoms with Crippen LogP contribution >= 0.6 is 27.5 Å². The van der Waals surface area contributed by atoms with Crippen molar-refractivity contribution in [2.45, 2.75) is 31.3 Å². The number of rotatable bonds is 3. The Morgan fingerprint density at radius 3 is 2.72 bits per heavy atom. The first-order chi connectivity index (χ1) is 8.70. The minimum absolute atomic E-state index is 0.482. The first kappa shape index (κ1) is 12.9. The highest BCUT2D eigenvalue weighted by molar-refractivity contribution is 9.10. The Morgan fingerprint density at radius 1 is 1.33 bits per heavy atom. The topological polar surface area (TPSA) is 29.3 Å². The standard InChI is InChI=1S/C14H18BrClN2/c15-12-7-9(1-4-13(12)16)14-10(8-17)5-6-18(14)11-2-3-11/h1,4,7,10-11,14H,2-3,5-6,8,17H2. The summed E-state index contributed by atoms with van der Waals surface area (Å²) in [5.74, 6) is 0.582. The molecule has 1 saturated carbocycles. The lowest BCUT2D eigenvalue weighted by Gasteiger charge is -2.28. The molecule has 1 saturated heterocycles. The third-order valence-electron chi connectivity index (χ3n) is 4.17. The van der Waals surface area contributed by atoms with E-state index in [9.17, 15) is 0 Å². The third kappa shape index (κ3) is 2.34. The molecule has 2 unspecified atom stereocenters. The molecule has 0 aromatic heterocycles. The summed E-state index contributed by atoms with van der Waals surface area (Å²) in [6, 6.07) is 7.58. The van der Waals surface area contributed by atoms with Crippen molar-refractivity contribution >= 4 is 27.5 Å². The fourth-order valence-electron chi connectivity index (χ4n) is 3.11. The van der Waals surface area contributed by atoms with Gasteiger partial charge in [0.1, 0.15) is 0 Å². The van der Waals surface area contributed by atoms with Gasteiger partial charge in [0.05, 0.1) is 5.02 Å². The molecule has 0 radical (unpaired) electrons. The second-order valence-electron chi connectivity index (χ2n) is 5.37. The monoisotopic (exact) mass is 328 g/mol. The van der Waals surface area contributed by atoms with Crippen LogP contribution in [0.25, 0.3) is 0 Å². The number of nitrogens with two attached hydrogens (primary N) is 1. The highest BCUT2D eigenvalue weighted by Gasteiger charge is 2.42. The van der Waals surface area contributed by atoms with Crippen LogP contribution in [-0.2, 0) is 0 Å². The van der Waals surface area contributed by atoms with Crippen LogP contribution in [0.1, 0.15) is 30.9 Å². The molecule has 2 aliphatic rings. The summed E-state index contributed by atoms with van der Waals surface area (Å²) in [5, 5.41) is 0.777. The Labute approximate surface area is 122 Å². The average Bonchev–Trinajstić information content (AvgIpc) is 3.12. The van der Waals surface area contributed by atoms with Crippen LogP contribution in [0.5, 0.6) is 0 Å². The van der Waals surface area contributed by atoms with Crippen LogP contribution in [0.2, 0.25) is 5.02 Å². The zero-order chi connectivity index (χ0) is 12.7. The molecule has 3 rings (SSSR count). The highest BCUT2D eigenvalue weighted by atomic mass is 79.9. The van der Waals surface area contributed by atoms with Crippen LogP contribution < -0.4 is 5.73 Å². The molecule has 1 aliphatic carbocycles. The number of hydrogen-bond donors (Lipinski definition) is 1. The average molecular weight is 330 g/mol. The van der Waals surface area contributed by atoms with Gasteiger partial charge in [-0.1, -0.05) is 17.7 Å². The van der Waals surface area contributed by atoms with Gasteiger partial charge in [-0.05, 0) is 71.9 Å². The molecule has 2 atom stereocenters. The van der Waals surface area contributed by atoms with Crippen molar-refractivity contribution in [2.75, 3.05) is 13.1 Å². The molecule has 4 heteroatoms. The Bertz CT molecular complexity index is 447. The predicted octanol–water partition coefficient (Wildman–Crippen LogP) is 3.59. The summed E-state index contributed by atoms with van der Waals surface area (Å²) < 4.78 is 0.986. The van der Waals surface area contributed by atoms with Gasteiger partial charge in [-0.25, -0.2) is 0 Å². The van der Waals surface area contributed by atoms with E-state index >= 15 is 0 Å². The summed E-state index contributed by atoms with van der Waals surface area (Å²) in [4.78, 5) is 2.65. The summed E-state index contributed by atoms with van der Waals surface area (Å²) in [7, 11) is 0. The lowest BCUT2D eigenvalue weighted by atomic mass is 9.94. The molecule has 0 bridgehead atoms. The van der Waals surface area contributed by atoms with Crippen molar-refractivity contribution in [1.82, 2.24) is 4.90 Å². The lowest BCUT2D eigenvalue weighted by molar-refractivity contribution is 0.220. The van der Waals surface area contributed by atoms with Gasteiger partial charge in [-0.15, -0.1) is 0 Å². The van der Waals surface area contributed by atoms with Crippen LogP contribution in [0.4, 0.5) is 0 Å². The van der Waals surface area contributed by atoms with Crippen molar-refractivity contribution < 1.29 is 0 Å². The van der Waals surface area contributed by atoms with E-state index in [0.29, 0.717) is 12.0 Å². The number of nitrogens with zero attached hydrogens (tertiary/aromatic N) is 1. The molecule has 1 aromatic carbocycles. The molecule has 1 heterocycles. The third-order valence-corrected chi connectivity index (χ3v) is 5.38. The number of hydrogen-bond acceptors (Lipinski definition) is 2. The van der Waals surface area contributed by atoms with Crippen LogP contribution in [0.3, 0.4) is 0 Å². The van der Waals surface area contributed by atoms with Crippen LogP contribution in [0, 0.1) is 5.92 Å². The first-order valence-electron chi connectivity index (χ1n) is 6.61. The molecule has 98 valence electrons. The first-order valence-corrected chi connectivity index (χ1v) is 7.78. The summed E-state index contributed by atoms with van der Waals surface area (Å²) in [5.41, 5.74) is 7.30. The van der Waals surface area contributed by atoms with E-state index in [1.165, 1.54) is 31.4 Å². The smallest absolute Gasteiger partial charge is 0.0548 e. The van der Waals surface area contributed by atoms with Gasteiger partial charge in [0.25, 0.3) is 0 Å². The molecular formula is C14H18BrClN2. The molecule has 2 fully saturated rings. The fourth-order valence-corrected chi connectivity index (χ4v) is 3.62. The van der Waals surface area contributed by atoms with E-state index in [1.807, 2.05) is 6.07 Å². The van der Waals surface area contributed by atoms with Crippen molar-refractivity contribution in [3.05, 3.63) is 33.3 Å². The highest BCUT2D eigenvalue weighted by Crippen LogP contribution is 2.44. The van der Waals surface area contributed by atoms with Gasteiger partial charge in [-0.2, -0.15) is 0 Å². The normalized spacial score (nSPS) is 28.8. The molecular weight excluding hydrogens is 312 g/mol. The van der Waals surface area contributed by atoms with Gasteiger partial charge < -0.3 is 5.73 Å². The summed E-state index contributed by atoms with van der Waals surface area (Å²) in [6.45, 7) is 1.96. The van der Waals surface area contributed by atoms with Crippen molar-refractivity contribution in [1.29, 1.82) is 0 Å². The number of halogens is 2. The fraction of sp³-hybridized carbons (Fsp3) is 0.571. The van der Waals surface area contributed by atoms with E-state index in [4.69, 9.17) is 17.3 Å². The zero-order valence-electron chi connectivity index (χ0n) is 10.3. The van der Waals surface area contributed by atoms with Crippen molar-refractivity contribution in [2.24, 2.45) is 11.7 Å². The quantitative estimate of drug-likeness (QED) is 0.918. The molecule has 0 amide bonds. The maximum atomic E-state index is 6.08. The van der Waals surface area contributed by atoms with Gasteiger partial charge in [0.2, 0.25) is 0 Å². The predicted molar refractivity (Wildman–Crippen MR) is 78.8 cm³/mol. The summed E-state index contributed by atoms with van der Waals surface area (Å²) >= 11 is 9.61. The van der Waals surface area contributed by atoms with Crippen molar-refractivity contribution in [3.63, 3.8) is 0 Å². The maximum absolute atomic E-state index is 6.08. The Hall–Kier alpha value is -0.0900. The SMILES string of the molecule is NCC1CCN(C2CC2)C1c1ccc(Cl)c(Br)c1. The van der Waals surface area contributed by atoms with Gasteiger partial charge in [0, 0.05) is 16.6 Å². The van der Waals surface area contributed by atoms with E-state index in [-0.39, 0.29) is 0 Å². The second-order valence-corrected chi connectivity index (χ2v) is 6.63. The number of likely N-dealkylation sites (tertiary alicyclic amines) is 1. The Balaban J connectivity index is 1.92. The number of benzene rings is 1. The molecule has 2 N–H and O–H groups in total. The molecule has 2 nitrogen and oxygen atoms in total. The van der Waals surface area contributed by atoms with Crippen molar-refractivity contribution in [3.8, 4) is 0 Å². The second kappa shape index (κ2) is 5.12. The maximum Gasteiger partial charge on any atom is 0.0548 e. The Kier molecular flexibility index (Phi) is 3.68. The van der Waals surface area contributed by atoms with E-state index in [2.05, 4.69) is 33.0 Å². The van der Waals surface area contributed by atoms with E-state index < -0.39 is 0 Å². The minimum Gasteiger partial charge on any atom is -0.330 e. The van der Waals surface area contributed by atoms with Gasteiger partial charge >= 0.3 is 0 Å². The molecule has 1 aliphatic heterocycles.